The Morgan fingerprint density at radius 3 is 1.90 bits per heavy atom. The lowest BCUT2D eigenvalue weighted by Crippen LogP contribution is -2.11. The molecule has 0 aliphatic carbocycles. The van der Waals surface area contributed by atoms with Gasteiger partial charge in [0.15, 0.2) is 0 Å². The molecule has 0 spiro atoms. The van der Waals surface area contributed by atoms with Gasteiger partial charge in [-0.15, -0.1) is 0 Å². The number of aromatic nitrogens is 1. The average Bonchev–Trinajstić information content (AvgIpc) is 3.50. The Kier molecular flexibility index (Phi) is 6.18. The number of fused-ring (bicyclic) bond motifs is 5. The first-order chi connectivity index (χ1) is 24.3. The normalized spacial score (nSPS) is 11.8. The quantitative estimate of drug-likeness (QED) is 0.189. The van der Waals surface area contributed by atoms with E-state index in [9.17, 15) is 0 Å². The van der Waals surface area contributed by atoms with Crippen molar-refractivity contribution in [3.05, 3.63) is 182 Å². The molecule has 0 atom stereocenters. The molecular formula is C46H30N2O. The number of rotatable bonds is 5. The van der Waals surface area contributed by atoms with E-state index < -0.39 is 0 Å². The molecule has 0 saturated carbocycles. The van der Waals surface area contributed by atoms with Crippen LogP contribution in [-0.4, -0.2) is 4.57 Å². The van der Waals surface area contributed by atoms with E-state index in [1.165, 1.54) is 38.4 Å². The van der Waals surface area contributed by atoms with Gasteiger partial charge in [0.1, 0.15) is 11.5 Å². The van der Waals surface area contributed by atoms with E-state index in [-0.39, 0.29) is 0 Å². The number of ether oxygens (including phenoxy) is 1. The minimum absolute atomic E-state index is 0.856. The summed E-state index contributed by atoms with van der Waals surface area (Å²) in [5, 5.41) is 4.81. The zero-order valence-electron chi connectivity index (χ0n) is 26.6. The summed E-state index contributed by atoms with van der Waals surface area (Å²) in [7, 11) is 0. The summed E-state index contributed by atoms with van der Waals surface area (Å²) in [5.74, 6) is 1.75. The number of para-hydroxylation sites is 2. The second-order valence-electron chi connectivity index (χ2n) is 12.6. The minimum atomic E-state index is 0.856. The molecule has 0 radical (unpaired) electrons. The standard InChI is InChI=1S/C46H30N2O/c1-3-11-31(12-4-1)32-21-23-35(24-22-32)47(37-26-28-40-41-18-9-13-33-14-10-20-44(46(33)41)49-45(40)30-37)36-25-27-39-38-17-7-8-19-42(38)48(43(39)29-36)34-15-5-2-6-16-34/h1-30H. The number of benzene rings is 8. The molecule has 1 aromatic heterocycles. The molecular weight excluding hydrogens is 597 g/mol. The Morgan fingerprint density at radius 2 is 1.06 bits per heavy atom. The fourth-order valence-electron chi connectivity index (χ4n) is 7.53. The van der Waals surface area contributed by atoms with Crippen molar-refractivity contribution in [1.29, 1.82) is 0 Å². The molecule has 10 rings (SSSR count). The van der Waals surface area contributed by atoms with Crippen LogP contribution in [0.1, 0.15) is 0 Å². The van der Waals surface area contributed by atoms with Crippen LogP contribution in [-0.2, 0) is 0 Å². The highest BCUT2D eigenvalue weighted by Gasteiger charge is 2.23. The molecule has 0 amide bonds. The lowest BCUT2D eigenvalue weighted by molar-refractivity contribution is 0.487. The first-order valence-electron chi connectivity index (χ1n) is 16.7. The van der Waals surface area contributed by atoms with Crippen LogP contribution >= 0.6 is 0 Å². The van der Waals surface area contributed by atoms with Crippen molar-refractivity contribution in [2.45, 2.75) is 0 Å². The molecule has 1 aliphatic rings. The van der Waals surface area contributed by atoms with Crippen LogP contribution in [0.5, 0.6) is 11.5 Å². The van der Waals surface area contributed by atoms with Crippen LogP contribution in [0.2, 0.25) is 0 Å². The molecule has 0 unspecified atom stereocenters. The highest BCUT2D eigenvalue weighted by atomic mass is 16.5. The van der Waals surface area contributed by atoms with E-state index in [1.807, 2.05) is 0 Å². The van der Waals surface area contributed by atoms with Gasteiger partial charge >= 0.3 is 0 Å². The molecule has 0 saturated heterocycles. The summed E-state index contributed by atoms with van der Waals surface area (Å²) in [6.07, 6.45) is 0. The van der Waals surface area contributed by atoms with Gasteiger partial charge in [0, 0.05) is 50.5 Å². The van der Waals surface area contributed by atoms with Crippen LogP contribution in [0.25, 0.3) is 60.5 Å². The Balaban J connectivity index is 1.18. The number of hydrogen-bond acceptors (Lipinski definition) is 2. The molecule has 230 valence electrons. The number of anilines is 3. The highest BCUT2D eigenvalue weighted by molar-refractivity contribution is 6.10. The fourth-order valence-corrected chi connectivity index (χ4v) is 7.53. The predicted molar refractivity (Wildman–Crippen MR) is 204 cm³/mol. The number of hydrogen-bond donors (Lipinski definition) is 0. The fraction of sp³-hybridized carbons (Fsp3) is 0. The molecule has 3 nitrogen and oxygen atoms in total. The van der Waals surface area contributed by atoms with E-state index >= 15 is 0 Å². The van der Waals surface area contributed by atoms with Gasteiger partial charge in [0.25, 0.3) is 0 Å². The van der Waals surface area contributed by atoms with Crippen molar-refractivity contribution in [2.24, 2.45) is 0 Å². The second kappa shape index (κ2) is 11.0. The number of nitrogens with zero attached hydrogens (tertiary/aromatic N) is 2. The highest BCUT2D eigenvalue weighted by Crippen LogP contribution is 2.49. The topological polar surface area (TPSA) is 17.4 Å². The van der Waals surface area contributed by atoms with Crippen molar-refractivity contribution in [3.8, 4) is 39.4 Å². The molecule has 0 N–H and O–H groups in total. The monoisotopic (exact) mass is 626 g/mol. The van der Waals surface area contributed by atoms with Crippen molar-refractivity contribution in [1.82, 2.24) is 4.57 Å². The van der Waals surface area contributed by atoms with Crippen LogP contribution in [0.15, 0.2) is 182 Å². The van der Waals surface area contributed by atoms with Crippen molar-refractivity contribution < 1.29 is 4.74 Å². The summed E-state index contributed by atoms with van der Waals surface area (Å²) < 4.78 is 9.02. The summed E-state index contributed by atoms with van der Waals surface area (Å²) >= 11 is 0. The smallest absolute Gasteiger partial charge is 0.137 e. The van der Waals surface area contributed by atoms with Gasteiger partial charge in [-0.1, -0.05) is 115 Å². The Bertz CT molecular complexity index is 2670. The second-order valence-corrected chi connectivity index (χ2v) is 12.6. The van der Waals surface area contributed by atoms with Crippen LogP contribution in [0.3, 0.4) is 0 Å². The van der Waals surface area contributed by atoms with Gasteiger partial charge in [-0.25, -0.2) is 0 Å². The van der Waals surface area contributed by atoms with E-state index in [4.69, 9.17) is 4.74 Å². The SMILES string of the molecule is c1ccc(-c2ccc(N(c3ccc4c(c3)Oc3cccc5cccc-4c35)c3ccc4c5ccccc5n(-c5ccccc5)c4c3)cc2)cc1. The zero-order valence-corrected chi connectivity index (χ0v) is 26.6. The van der Waals surface area contributed by atoms with Crippen LogP contribution in [0.4, 0.5) is 17.1 Å². The summed E-state index contributed by atoms with van der Waals surface area (Å²) in [5.41, 5.74) is 11.3. The molecule has 0 fully saturated rings. The van der Waals surface area contributed by atoms with Gasteiger partial charge in [0.05, 0.1) is 11.0 Å². The predicted octanol–water partition coefficient (Wildman–Crippen LogP) is 12.8. The third-order valence-electron chi connectivity index (χ3n) is 9.76. The zero-order chi connectivity index (χ0) is 32.3. The molecule has 1 aliphatic heterocycles. The largest absolute Gasteiger partial charge is 0.456 e. The lowest BCUT2D eigenvalue weighted by atomic mass is 9.94. The third kappa shape index (κ3) is 4.44. The van der Waals surface area contributed by atoms with E-state index in [0.29, 0.717) is 0 Å². The van der Waals surface area contributed by atoms with Gasteiger partial charge in [-0.2, -0.15) is 0 Å². The maximum Gasteiger partial charge on any atom is 0.137 e. The first-order valence-corrected chi connectivity index (χ1v) is 16.7. The maximum absolute atomic E-state index is 6.65. The summed E-state index contributed by atoms with van der Waals surface area (Å²) in [6, 6.07) is 64.9. The first kappa shape index (κ1) is 27.5. The van der Waals surface area contributed by atoms with E-state index in [1.54, 1.807) is 0 Å². The van der Waals surface area contributed by atoms with Crippen molar-refractivity contribution in [3.63, 3.8) is 0 Å². The minimum Gasteiger partial charge on any atom is -0.456 e. The molecule has 49 heavy (non-hydrogen) atoms. The summed E-state index contributed by atoms with van der Waals surface area (Å²) in [6.45, 7) is 0. The van der Waals surface area contributed by atoms with Gasteiger partial charge in [-0.3, -0.25) is 0 Å². The molecule has 8 aromatic carbocycles. The van der Waals surface area contributed by atoms with Crippen LogP contribution < -0.4 is 9.64 Å². The lowest BCUT2D eigenvalue weighted by Gasteiger charge is -2.28. The Labute approximate surface area is 284 Å². The average molecular weight is 627 g/mol. The molecule has 2 heterocycles. The molecule has 3 heteroatoms. The molecule has 0 bridgehead atoms. The van der Waals surface area contributed by atoms with E-state index in [0.717, 1.165) is 50.7 Å². The van der Waals surface area contributed by atoms with E-state index in [2.05, 4.69) is 191 Å². The van der Waals surface area contributed by atoms with Gasteiger partial charge < -0.3 is 14.2 Å². The van der Waals surface area contributed by atoms with Crippen molar-refractivity contribution >= 4 is 49.6 Å². The van der Waals surface area contributed by atoms with Gasteiger partial charge in [0.2, 0.25) is 0 Å². The Morgan fingerprint density at radius 1 is 0.408 bits per heavy atom. The molecule has 9 aromatic rings. The van der Waals surface area contributed by atoms with Crippen LogP contribution in [0, 0.1) is 0 Å². The van der Waals surface area contributed by atoms with Crippen molar-refractivity contribution in [2.75, 3.05) is 4.90 Å². The Hall–Kier alpha value is -6.58. The maximum atomic E-state index is 6.65. The van der Waals surface area contributed by atoms with Gasteiger partial charge in [-0.05, 0) is 82.7 Å². The third-order valence-corrected chi connectivity index (χ3v) is 9.76. The summed E-state index contributed by atoms with van der Waals surface area (Å²) in [4.78, 5) is 2.34.